The minimum Gasteiger partial charge on any atom is -0.369 e. The molecule has 0 amide bonds. The molecule has 0 fully saturated rings. The molecule has 0 aromatic carbocycles. The van der Waals surface area contributed by atoms with Crippen LogP contribution in [-0.2, 0) is 7.05 Å². The molecule has 0 saturated carbocycles. The lowest BCUT2D eigenvalue weighted by atomic mass is 10.2. The summed E-state index contributed by atoms with van der Waals surface area (Å²) < 4.78 is 1.55. The Bertz CT molecular complexity index is 638. The van der Waals surface area contributed by atoms with Gasteiger partial charge in [-0.05, 0) is 18.7 Å². The van der Waals surface area contributed by atoms with E-state index in [2.05, 4.69) is 22.2 Å². The molecule has 102 valence electrons. The van der Waals surface area contributed by atoms with Gasteiger partial charge in [0.05, 0.1) is 5.52 Å². The lowest BCUT2D eigenvalue weighted by Gasteiger charge is -2.10. The molecule has 2 rings (SSSR count). The van der Waals surface area contributed by atoms with Gasteiger partial charge in [-0.3, -0.25) is 4.79 Å². The fraction of sp³-hybridized carbons (Fsp3) is 0.462. The molecule has 2 aromatic heterocycles. The van der Waals surface area contributed by atoms with E-state index in [0.29, 0.717) is 21.9 Å². The number of aryl methyl sites for hydroxylation is 1. The molecule has 0 aliphatic rings. The maximum atomic E-state index is 12.2. The summed E-state index contributed by atoms with van der Waals surface area (Å²) >= 11 is 1.48. The van der Waals surface area contributed by atoms with Gasteiger partial charge in [0.1, 0.15) is 11.2 Å². The SMILES string of the molecule is CCCCNc1nc(SC)nc2ccn(C)c(=O)c12. The van der Waals surface area contributed by atoms with Gasteiger partial charge in [0.25, 0.3) is 5.56 Å². The van der Waals surface area contributed by atoms with E-state index in [1.807, 2.05) is 12.3 Å². The molecule has 0 unspecified atom stereocenters. The molecule has 0 atom stereocenters. The first kappa shape index (κ1) is 13.9. The van der Waals surface area contributed by atoms with Crippen molar-refractivity contribution in [3.8, 4) is 0 Å². The van der Waals surface area contributed by atoms with E-state index in [1.165, 1.54) is 11.8 Å². The lowest BCUT2D eigenvalue weighted by molar-refractivity contribution is 0.825. The summed E-state index contributed by atoms with van der Waals surface area (Å²) in [4.78, 5) is 21.0. The van der Waals surface area contributed by atoms with E-state index in [0.717, 1.165) is 19.4 Å². The van der Waals surface area contributed by atoms with Crippen molar-refractivity contribution >= 4 is 28.5 Å². The highest BCUT2D eigenvalue weighted by molar-refractivity contribution is 7.98. The number of pyridine rings is 1. The number of aromatic nitrogens is 3. The highest BCUT2D eigenvalue weighted by Gasteiger charge is 2.11. The van der Waals surface area contributed by atoms with E-state index < -0.39 is 0 Å². The number of hydrogen-bond donors (Lipinski definition) is 1. The second-order valence-electron chi connectivity index (χ2n) is 4.33. The zero-order chi connectivity index (χ0) is 13.8. The van der Waals surface area contributed by atoms with Crippen LogP contribution in [0, 0.1) is 0 Å². The molecular weight excluding hydrogens is 260 g/mol. The highest BCUT2D eigenvalue weighted by atomic mass is 32.2. The number of fused-ring (bicyclic) bond motifs is 1. The molecule has 6 heteroatoms. The third kappa shape index (κ3) is 2.89. The maximum Gasteiger partial charge on any atom is 0.263 e. The van der Waals surface area contributed by atoms with Crippen LogP contribution in [0.2, 0.25) is 0 Å². The van der Waals surface area contributed by atoms with Crippen LogP contribution in [0.3, 0.4) is 0 Å². The normalized spacial score (nSPS) is 10.9. The zero-order valence-electron chi connectivity index (χ0n) is 11.4. The number of nitrogens with zero attached hydrogens (tertiary/aromatic N) is 3. The Morgan fingerprint density at radius 3 is 2.89 bits per heavy atom. The van der Waals surface area contributed by atoms with Crippen LogP contribution in [0.1, 0.15) is 19.8 Å². The van der Waals surface area contributed by atoms with Crippen LogP contribution in [0.15, 0.2) is 22.2 Å². The molecule has 1 N–H and O–H groups in total. The van der Waals surface area contributed by atoms with Gasteiger partial charge in [-0.1, -0.05) is 25.1 Å². The second kappa shape index (κ2) is 6.06. The first-order valence-electron chi connectivity index (χ1n) is 6.32. The molecule has 0 aliphatic carbocycles. The summed E-state index contributed by atoms with van der Waals surface area (Å²) in [6.45, 7) is 2.95. The number of hydrogen-bond acceptors (Lipinski definition) is 5. The summed E-state index contributed by atoms with van der Waals surface area (Å²) in [5, 5.41) is 4.50. The summed E-state index contributed by atoms with van der Waals surface area (Å²) in [6, 6.07) is 1.85. The Morgan fingerprint density at radius 2 is 2.21 bits per heavy atom. The molecule has 0 radical (unpaired) electrons. The largest absolute Gasteiger partial charge is 0.369 e. The minimum absolute atomic E-state index is 0.0656. The van der Waals surface area contributed by atoms with Crippen molar-refractivity contribution in [2.24, 2.45) is 7.05 Å². The summed E-state index contributed by atoms with van der Waals surface area (Å²) in [7, 11) is 1.74. The number of unbranched alkanes of at least 4 members (excludes halogenated alkanes) is 1. The quantitative estimate of drug-likeness (QED) is 0.516. The van der Waals surface area contributed by atoms with E-state index >= 15 is 0 Å². The summed E-state index contributed by atoms with van der Waals surface area (Å²) in [5.74, 6) is 0.643. The topological polar surface area (TPSA) is 59.8 Å². The molecule has 5 nitrogen and oxygen atoms in total. The van der Waals surface area contributed by atoms with Crippen molar-refractivity contribution in [3.63, 3.8) is 0 Å². The third-order valence-corrected chi connectivity index (χ3v) is 3.46. The number of anilines is 1. The molecule has 2 aromatic rings. The minimum atomic E-state index is -0.0656. The van der Waals surface area contributed by atoms with Crippen molar-refractivity contribution in [3.05, 3.63) is 22.6 Å². The monoisotopic (exact) mass is 278 g/mol. The van der Waals surface area contributed by atoms with Gasteiger partial charge in [-0.25, -0.2) is 9.97 Å². The van der Waals surface area contributed by atoms with Crippen molar-refractivity contribution < 1.29 is 0 Å². The van der Waals surface area contributed by atoms with Crippen LogP contribution in [0.25, 0.3) is 10.9 Å². The Kier molecular flexibility index (Phi) is 4.42. The predicted octanol–water partition coefficient (Wildman–Crippen LogP) is 2.26. The van der Waals surface area contributed by atoms with Crippen LogP contribution >= 0.6 is 11.8 Å². The zero-order valence-corrected chi connectivity index (χ0v) is 12.3. The maximum absolute atomic E-state index is 12.2. The first-order valence-corrected chi connectivity index (χ1v) is 7.55. The average molecular weight is 278 g/mol. The molecule has 0 spiro atoms. The molecule has 0 bridgehead atoms. The smallest absolute Gasteiger partial charge is 0.263 e. The Hall–Kier alpha value is -1.56. The molecule has 19 heavy (non-hydrogen) atoms. The standard InChI is InChI=1S/C13H18N4OS/c1-4-5-7-14-11-10-9(15-13(16-11)19-3)6-8-17(2)12(10)18/h6,8H,4-5,7H2,1-3H3,(H,14,15,16). The number of rotatable bonds is 5. The number of nitrogens with one attached hydrogen (secondary N) is 1. The first-order chi connectivity index (χ1) is 9.17. The van der Waals surface area contributed by atoms with Crippen LogP contribution in [0.5, 0.6) is 0 Å². The average Bonchev–Trinajstić information content (AvgIpc) is 2.42. The fourth-order valence-corrected chi connectivity index (χ4v) is 2.19. The van der Waals surface area contributed by atoms with Gasteiger partial charge in [-0.2, -0.15) is 0 Å². The Labute approximate surface area is 116 Å². The van der Waals surface area contributed by atoms with E-state index in [4.69, 9.17) is 0 Å². The van der Waals surface area contributed by atoms with Crippen LogP contribution in [0.4, 0.5) is 5.82 Å². The van der Waals surface area contributed by atoms with Crippen molar-refractivity contribution in [1.82, 2.24) is 14.5 Å². The van der Waals surface area contributed by atoms with Crippen molar-refractivity contribution in [2.75, 3.05) is 18.1 Å². The summed E-state index contributed by atoms with van der Waals surface area (Å²) in [5.41, 5.74) is 0.630. The lowest BCUT2D eigenvalue weighted by Crippen LogP contribution is -2.19. The van der Waals surface area contributed by atoms with Gasteiger partial charge >= 0.3 is 0 Å². The second-order valence-corrected chi connectivity index (χ2v) is 5.10. The Morgan fingerprint density at radius 1 is 1.42 bits per heavy atom. The van der Waals surface area contributed by atoms with E-state index in [-0.39, 0.29) is 5.56 Å². The highest BCUT2D eigenvalue weighted by Crippen LogP contribution is 2.20. The van der Waals surface area contributed by atoms with Gasteiger partial charge in [0, 0.05) is 19.8 Å². The molecule has 2 heterocycles. The summed E-state index contributed by atoms with van der Waals surface area (Å²) in [6.07, 6.45) is 5.81. The van der Waals surface area contributed by atoms with Crippen LogP contribution in [-0.4, -0.2) is 27.3 Å². The van der Waals surface area contributed by atoms with E-state index in [9.17, 15) is 4.79 Å². The van der Waals surface area contributed by atoms with Crippen molar-refractivity contribution in [1.29, 1.82) is 0 Å². The van der Waals surface area contributed by atoms with Crippen molar-refractivity contribution in [2.45, 2.75) is 24.9 Å². The molecular formula is C13H18N4OS. The van der Waals surface area contributed by atoms with Gasteiger partial charge < -0.3 is 9.88 Å². The van der Waals surface area contributed by atoms with E-state index in [1.54, 1.807) is 17.8 Å². The number of thioether (sulfide) groups is 1. The van der Waals surface area contributed by atoms with Gasteiger partial charge in [0.2, 0.25) is 0 Å². The molecule has 0 saturated heterocycles. The molecule has 0 aliphatic heterocycles. The predicted molar refractivity (Wildman–Crippen MR) is 80.0 cm³/mol. The van der Waals surface area contributed by atoms with Crippen LogP contribution < -0.4 is 10.9 Å². The Balaban J connectivity index is 2.57. The third-order valence-electron chi connectivity index (χ3n) is 2.91. The van der Waals surface area contributed by atoms with Gasteiger partial charge in [0.15, 0.2) is 5.16 Å². The fourth-order valence-electron chi connectivity index (χ4n) is 1.82. The van der Waals surface area contributed by atoms with Gasteiger partial charge in [-0.15, -0.1) is 0 Å².